The van der Waals surface area contributed by atoms with Gasteiger partial charge in [-0.15, -0.1) is 0 Å². The summed E-state index contributed by atoms with van der Waals surface area (Å²) in [6, 6.07) is 0.644. The molecule has 0 heterocycles. The van der Waals surface area contributed by atoms with Crippen LogP contribution < -0.4 is 0 Å². The smallest absolute Gasteiger partial charge is 0.0495 e. The molecule has 0 radical (unpaired) electrons. The van der Waals surface area contributed by atoms with E-state index in [1.807, 2.05) is 13.1 Å². The van der Waals surface area contributed by atoms with E-state index in [4.69, 9.17) is 0 Å². The predicted molar refractivity (Wildman–Crippen MR) is 54.8 cm³/mol. The van der Waals surface area contributed by atoms with Crippen LogP contribution in [0.25, 0.3) is 0 Å². The van der Waals surface area contributed by atoms with Gasteiger partial charge in [0.05, 0.1) is 0 Å². The number of aliphatic imine (C=N–C) groups is 1. The second kappa shape index (κ2) is 4.64. The summed E-state index contributed by atoms with van der Waals surface area (Å²) < 4.78 is 0. The van der Waals surface area contributed by atoms with E-state index in [1.54, 1.807) is 0 Å². The zero-order valence-electron chi connectivity index (χ0n) is 8.59. The molecule has 70 valence electrons. The van der Waals surface area contributed by atoms with Crippen LogP contribution >= 0.6 is 0 Å². The molecule has 0 atom stereocenters. The Balaban J connectivity index is 2.29. The van der Waals surface area contributed by atoms with Gasteiger partial charge in [-0.3, -0.25) is 4.99 Å². The van der Waals surface area contributed by atoms with Gasteiger partial charge in [0.15, 0.2) is 0 Å². The van der Waals surface area contributed by atoms with E-state index in [2.05, 4.69) is 18.8 Å². The zero-order chi connectivity index (χ0) is 8.97. The summed E-state index contributed by atoms with van der Waals surface area (Å²) >= 11 is 0. The molecule has 0 aromatic carbocycles. The summed E-state index contributed by atoms with van der Waals surface area (Å²) in [6.07, 6.45) is 7.36. The van der Waals surface area contributed by atoms with Crippen LogP contribution in [0.3, 0.4) is 0 Å². The topological polar surface area (TPSA) is 12.4 Å². The van der Waals surface area contributed by atoms with Gasteiger partial charge in [-0.1, -0.05) is 13.8 Å². The fraction of sp³-hybridized carbons (Fsp3) is 0.909. The van der Waals surface area contributed by atoms with Gasteiger partial charge in [0.1, 0.15) is 0 Å². The summed E-state index contributed by atoms with van der Waals surface area (Å²) in [5, 5.41) is 0. The number of nitrogens with zero attached hydrogens (tertiary/aromatic N) is 1. The fourth-order valence-electron chi connectivity index (χ4n) is 2.13. The van der Waals surface area contributed by atoms with E-state index in [1.165, 1.54) is 25.7 Å². The van der Waals surface area contributed by atoms with Crippen molar-refractivity contribution in [2.75, 3.05) is 0 Å². The average Bonchev–Trinajstić information content (AvgIpc) is 2.06. The minimum atomic E-state index is 0.644. The van der Waals surface area contributed by atoms with Gasteiger partial charge in [0, 0.05) is 6.04 Å². The van der Waals surface area contributed by atoms with Gasteiger partial charge in [0.25, 0.3) is 0 Å². The van der Waals surface area contributed by atoms with Crippen LogP contribution in [-0.2, 0) is 0 Å². The summed E-state index contributed by atoms with van der Waals surface area (Å²) in [7, 11) is 0. The third-order valence-corrected chi connectivity index (χ3v) is 3.04. The maximum atomic E-state index is 4.45. The first-order chi connectivity index (χ1) is 5.74. The van der Waals surface area contributed by atoms with Gasteiger partial charge in [-0.2, -0.15) is 0 Å². The molecule has 1 nitrogen and oxygen atoms in total. The highest BCUT2D eigenvalue weighted by Gasteiger charge is 2.21. The highest BCUT2D eigenvalue weighted by molar-refractivity contribution is 5.53. The molecule has 0 amide bonds. The standard InChI is InChI=1S/C11H21N/c1-4-12-11-7-5-10(6-8-11)9(2)3/h4,9-11H,5-8H2,1-3H3. The number of hydrogen-bond acceptors (Lipinski definition) is 1. The Morgan fingerprint density at radius 2 is 1.75 bits per heavy atom. The van der Waals surface area contributed by atoms with Crippen molar-refractivity contribution < 1.29 is 0 Å². The molecule has 1 heteroatoms. The zero-order valence-corrected chi connectivity index (χ0v) is 8.59. The summed E-state index contributed by atoms with van der Waals surface area (Å²) in [5.41, 5.74) is 0. The average molecular weight is 167 g/mol. The van der Waals surface area contributed by atoms with E-state index in [0.717, 1.165) is 11.8 Å². The van der Waals surface area contributed by atoms with Crippen molar-refractivity contribution in [2.24, 2.45) is 16.8 Å². The lowest BCUT2D eigenvalue weighted by Gasteiger charge is -2.28. The van der Waals surface area contributed by atoms with Gasteiger partial charge in [0.2, 0.25) is 0 Å². The Labute approximate surface area is 76.3 Å². The van der Waals surface area contributed by atoms with E-state index in [-0.39, 0.29) is 0 Å². The second-order valence-corrected chi connectivity index (χ2v) is 4.22. The molecular weight excluding hydrogens is 146 g/mol. The van der Waals surface area contributed by atoms with Crippen LogP contribution in [0.5, 0.6) is 0 Å². The molecular formula is C11H21N. The molecule has 1 fully saturated rings. The summed E-state index contributed by atoms with van der Waals surface area (Å²) in [6.45, 7) is 6.71. The molecule has 0 aromatic rings. The van der Waals surface area contributed by atoms with Crippen molar-refractivity contribution in [3.05, 3.63) is 0 Å². The van der Waals surface area contributed by atoms with Crippen LogP contribution in [0.4, 0.5) is 0 Å². The maximum absolute atomic E-state index is 4.45. The molecule has 0 unspecified atom stereocenters. The fourth-order valence-corrected chi connectivity index (χ4v) is 2.13. The summed E-state index contributed by atoms with van der Waals surface area (Å²) in [4.78, 5) is 4.45. The van der Waals surface area contributed by atoms with Crippen LogP contribution in [-0.4, -0.2) is 12.3 Å². The van der Waals surface area contributed by atoms with E-state index in [9.17, 15) is 0 Å². The molecule has 0 saturated heterocycles. The first kappa shape index (κ1) is 9.76. The molecule has 1 aliphatic carbocycles. The Hall–Kier alpha value is -0.330. The van der Waals surface area contributed by atoms with Gasteiger partial charge in [-0.25, -0.2) is 0 Å². The predicted octanol–water partition coefficient (Wildman–Crippen LogP) is 3.29. The van der Waals surface area contributed by atoms with Crippen molar-refractivity contribution in [3.63, 3.8) is 0 Å². The monoisotopic (exact) mass is 167 g/mol. The molecule has 0 spiro atoms. The van der Waals surface area contributed by atoms with Crippen molar-refractivity contribution in [3.8, 4) is 0 Å². The molecule has 0 N–H and O–H groups in total. The molecule has 0 aliphatic heterocycles. The van der Waals surface area contributed by atoms with E-state index < -0.39 is 0 Å². The Kier molecular flexibility index (Phi) is 3.77. The Bertz CT molecular complexity index is 141. The van der Waals surface area contributed by atoms with E-state index in [0.29, 0.717) is 6.04 Å². The van der Waals surface area contributed by atoms with Crippen molar-refractivity contribution in [2.45, 2.75) is 52.5 Å². The lowest BCUT2D eigenvalue weighted by Crippen LogP contribution is -2.20. The lowest BCUT2D eigenvalue weighted by molar-refractivity contribution is 0.260. The normalized spacial score (nSPS) is 31.7. The largest absolute Gasteiger partial charge is 0.295 e. The first-order valence-corrected chi connectivity index (χ1v) is 5.21. The van der Waals surface area contributed by atoms with Gasteiger partial charge in [-0.05, 0) is 50.7 Å². The Morgan fingerprint density at radius 1 is 1.17 bits per heavy atom. The maximum Gasteiger partial charge on any atom is 0.0495 e. The highest BCUT2D eigenvalue weighted by Crippen LogP contribution is 2.30. The number of hydrogen-bond donors (Lipinski definition) is 0. The second-order valence-electron chi connectivity index (χ2n) is 4.22. The third kappa shape index (κ3) is 2.62. The van der Waals surface area contributed by atoms with Crippen LogP contribution in [0.15, 0.2) is 4.99 Å². The molecule has 1 saturated carbocycles. The quantitative estimate of drug-likeness (QED) is 0.560. The molecule has 1 rings (SSSR count). The third-order valence-electron chi connectivity index (χ3n) is 3.04. The molecule has 0 bridgehead atoms. The SMILES string of the molecule is CC=NC1CCC(C(C)C)CC1. The van der Waals surface area contributed by atoms with Crippen LogP contribution in [0.1, 0.15) is 46.5 Å². The van der Waals surface area contributed by atoms with Crippen molar-refractivity contribution >= 4 is 6.21 Å². The van der Waals surface area contributed by atoms with Gasteiger partial charge < -0.3 is 0 Å². The van der Waals surface area contributed by atoms with E-state index >= 15 is 0 Å². The molecule has 12 heavy (non-hydrogen) atoms. The van der Waals surface area contributed by atoms with Crippen LogP contribution in [0.2, 0.25) is 0 Å². The lowest BCUT2D eigenvalue weighted by atomic mass is 9.80. The first-order valence-electron chi connectivity index (χ1n) is 5.21. The summed E-state index contributed by atoms with van der Waals surface area (Å²) in [5.74, 6) is 1.84. The molecule has 0 aromatic heterocycles. The minimum Gasteiger partial charge on any atom is -0.295 e. The van der Waals surface area contributed by atoms with Crippen molar-refractivity contribution in [1.29, 1.82) is 0 Å². The van der Waals surface area contributed by atoms with Crippen molar-refractivity contribution in [1.82, 2.24) is 0 Å². The van der Waals surface area contributed by atoms with Gasteiger partial charge >= 0.3 is 0 Å². The molecule has 1 aliphatic rings. The highest BCUT2D eigenvalue weighted by atomic mass is 14.8. The number of rotatable bonds is 2. The minimum absolute atomic E-state index is 0.644. The Morgan fingerprint density at radius 3 is 2.17 bits per heavy atom. The van der Waals surface area contributed by atoms with Crippen LogP contribution in [0, 0.1) is 11.8 Å².